The van der Waals surface area contributed by atoms with E-state index >= 15 is 4.79 Å². The fourth-order valence-electron chi connectivity index (χ4n) is 8.08. The fraction of sp³-hybridized carbons (Fsp3) is 0.459. The van der Waals surface area contributed by atoms with E-state index in [9.17, 15) is 18.5 Å². The SMILES string of the molecule is CCOc1ncccc1C1(NC(=O)N2CC3(C2)CN(C2CCN(C(C)C)CC2)C3)C(=O)N(S(=O)(=O)c2ccc(C)cc2)c2ccc(C#N)cc21. The molecule has 12 nitrogen and oxygen atoms in total. The van der Waals surface area contributed by atoms with Gasteiger partial charge in [-0.3, -0.25) is 9.69 Å². The highest BCUT2D eigenvalue weighted by Gasteiger charge is 2.61. The van der Waals surface area contributed by atoms with Crippen molar-refractivity contribution in [2.75, 3.05) is 50.2 Å². The smallest absolute Gasteiger partial charge is 0.318 e. The number of benzene rings is 2. The first-order valence-corrected chi connectivity index (χ1v) is 18.7. The minimum atomic E-state index is -4.46. The summed E-state index contributed by atoms with van der Waals surface area (Å²) in [6.45, 7) is 13.4. The maximum Gasteiger partial charge on any atom is 0.318 e. The van der Waals surface area contributed by atoms with Crippen LogP contribution >= 0.6 is 0 Å². The molecule has 4 aliphatic heterocycles. The van der Waals surface area contributed by atoms with Gasteiger partial charge < -0.3 is 19.9 Å². The summed E-state index contributed by atoms with van der Waals surface area (Å²) < 4.78 is 35.2. The summed E-state index contributed by atoms with van der Waals surface area (Å²) >= 11 is 0. The number of nitrogens with zero attached hydrogens (tertiary/aromatic N) is 6. The van der Waals surface area contributed by atoms with E-state index in [0.29, 0.717) is 25.2 Å². The second-order valence-corrected chi connectivity index (χ2v) is 16.1. The van der Waals surface area contributed by atoms with Crippen molar-refractivity contribution in [1.82, 2.24) is 25.0 Å². The number of rotatable bonds is 8. The summed E-state index contributed by atoms with van der Waals surface area (Å²) in [6.07, 6.45) is 3.79. The minimum Gasteiger partial charge on any atom is -0.478 e. The predicted molar refractivity (Wildman–Crippen MR) is 187 cm³/mol. The van der Waals surface area contributed by atoms with Crippen molar-refractivity contribution < 1.29 is 22.7 Å². The minimum absolute atomic E-state index is 0.00312. The number of likely N-dealkylation sites (tertiary alicyclic amines) is 3. The fourth-order valence-corrected chi connectivity index (χ4v) is 9.54. The molecule has 1 N–H and O–H groups in total. The molecule has 1 atom stereocenters. The molecule has 0 radical (unpaired) electrons. The van der Waals surface area contributed by atoms with Crippen LogP contribution in [0.25, 0.3) is 0 Å². The number of pyridine rings is 1. The highest BCUT2D eigenvalue weighted by molar-refractivity contribution is 7.93. The highest BCUT2D eigenvalue weighted by Crippen LogP contribution is 2.50. The van der Waals surface area contributed by atoms with Gasteiger partial charge in [0.1, 0.15) is 0 Å². The van der Waals surface area contributed by atoms with Gasteiger partial charge >= 0.3 is 6.03 Å². The standard InChI is InChI=1S/C37H43N7O5S/c1-5-49-33-30(7-6-16-39-33)37(40-35(46)43-23-36(24-43)21-42(22-36)28-14-17-41(18-15-28)25(2)3)31-19-27(20-38)10-13-32(31)44(34(37)45)50(47,48)29-11-8-26(4)9-12-29/h6-13,16,19,25,28H,5,14-15,17-18,21-24H2,1-4H3,(H,40,46). The maximum absolute atomic E-state index is 15.0. The molecular weight excluding hydrogens is 655 g/mol. The van der Waals surface area contributed by atoms with Crippen LogP contribution in [-0.2, 0) is 20.4 Å². The number of nitriles is 1. The zero-order chi connectivity index (χ0) is 35.4. The lowest BCUT2D eigenvalue weighted by atomic mass is 9.71. The largest absolute Gasteiger partial charge is 0.478 e. The molecule has 1 aromatic heterocycles. The van der Waals surface area contributed by atoms with Crippen LogP contribution in [0, 0.1) is 23.7 Å². The van der Waals surface area contributed by atoms with Gasteiger partial charge in [-0.25, -0.2) is 18.2 Å². The van der Waals surface area contributed by atoms with Gasteiger partial charge in [0.15, 0.2) is 5.54 Å². The number of urea groups is 1. The first-order valence-electron chi connectivity index (χ1n) is 17.3. The van der Waals surface area contributed by atoms with E-state index in [2.05, 4.69) is 40.0 Å². The van der Waals surface area contributed by atoms with Crippen LogP contribution in [-0.4, -0.2) is 98.0 Å². The number of carbonyl (C=O) groups excluding carboxylic acids is 2. The Morgan fingerprint density at radius 1 is 1.06 bits per heavy atom. The monoisotopic (exact) mass is 697 g/mol. The number of carbonyl (C=O) groups is 2. The average molecular weight is 698 g/mol. The van der Waals surface area contributed by atoms with E-state index in [1.165, 1.54) is 36.5 Å². The Morgan fingerprint density at radius 3 is 2.40 bits per heavy atom. The first kappa shape index (κ1) is 34.0. The molecule has 0 bridgehead atoms. The van der Waals surface area contributed by atoms with E-state index in [-0.39, 0.29) is 45.2 Å². The molecule has 50 heavy (non-hydrogen) atoms. The quantitative estimate of drug-likeness (QED) is 0.372. The topological polar surface area (TPSA) is 139 Å². The number of aromatic nitrogens is 1. The lowest BCUT2D eigenvalue weighted by molar-refractivity contribution is -0.124. The van der Waals surface area contributed by atoms with Crippen molar-refractivity contribution in [3.8, 4) is 11.9 Å². The van der Waals surface area contributed by atoms with Gasteiger partial charge in [0.25, 0.3) is 15.9 Å². The number of aryl methyl sites for hydroxylation is 1. The molecule has 3 aromatic rings. The zero-order valence-corrected chi connectivity index (χ0v) is 29.7. The Labute approximate surface area is 293 Å². The molecule has 3 fully saturated rings. The van der Waals surface area contributed by atoms with Crippen LogP contribution in [0.15, 0.2) is 65.7 Å². The lowest BCUT2D eigenvalue weighted by Gasteiger charge is -2.62. The first-order chi connectivity index (χ1) is 23.9. The maximum atomic E-state index is 15.0. The van der Waals surface area contributed by atoms with Gasteiger partial charge in [0.2, 0.25) is 5.88 Å². The average Bonchev–Trinajstić information content (AvgIpc) is 3.31. The van der Waals surface area contributed by atoms with E-state index in [1.807, 2.05) is 6.92 Å². The van der Waals surface area contributed by atoms with Crippen molar-refractivity contribution in [1.29, 1.82) is 5.26 Å². The number of anilines is 1. The van der Waals surface area contributed by atoms with Crippen molar-refractivity contribution >= 4 is 27.6 Å². The van der Waals surface area contributed by atoms with Crippen LogP contribution in [0.1, 0.15) is 55.9 Å². The van der Waals surface area contributed by atoms with Crippen molar-refractivity contribution in [2.24, 2.45) is 5.41 Å². The van der Waals surface area contributed by atoms with Crippen LogP contribution < -0.4 is 14.4 Å². The van der Waals surface area contributed by atoms with E-state index in [1.54, 1.807) is 36.1 Å². The number of piperidine rings is 1. The molecule has 262 valence electrons. The van der Waals surface area contributed by atoms with Crippen LogP contribution in [0.3, 0.4) is 0 Å². The van der Waals surface area contributed by atoms with Gasteiger partial charge in [0, 0.05) is 55.4 Å². The molecule has 1 spiro atoms. The lowest BCUT2D eigenvalue weighted by Crippen LogP contribution is -2.76. The van der Waals surface area contributed by atoms with Gasteiger partial charge in [-0.2, -0.15) is 9.57 Å². The number of fused-ring (bicyclic) bond motifs is 1. The molecule has 0 saturated carbocycles. The molecule has 3 amide bonds. The van der Waals surface area contributed by atoms with Gasteiger partial charge in [-0.15, -0.1) is 0 Å². The molecule has 13 heteroatoms. The predicted octanol–water partition coefficient (Wildman–Crippen LogP) is 3.84. The van der Waals surface area contributed by atoms with Crippen LogP contribution in [0.4, 0.5) is 10.5 Å². The van der Waals surface area contributed by atoms with Gasteiger partial charge in [-0.05, 0) is 96.1 Å². The van der Waals surface area contributed by atoms with E-state index in [4.69, 9.17) is 4.74 Å². The van der Waals surface area contributed by atoms with Crippen molar-refractivity contribution in [3.63, 3.8) is 0 Å². The third-order valence-corrected chi connectivity index (χ3v) is 12.4. The molecule has 0 aliphatic carbocycles. The van der Waals surface area contributed by atoms with Gasteiger partial charge in [0.05, 0.1) is 34.4 Å². The molecular formula is C37H43N7O5S. The Morgan fingerprint density at radius 2 is 1.76 bits per heavy atom. The number of sulfonamides is 1. The normalized spacial score (nSPS) is 22.2. The third kappa shape index (κ3) is 5.50. The van der Waals surface area contributed by atoms with Crippen LogP contribution in [0.5, 0.6) is 5.88 Å². The third-order valence-electron chi connectivity index (χ3n) is 10.7. The Balaban J connectivity index is 1.21. The van der Waals surface area contributed by atoms with Gasteiger partial charge in [-0.1, -0.05) is 17.7 Å². The Hall–Kier alpha value is -4.51. The van der Waals surface area contributed by atoms with E-state index < -0.39 is 27.5 Å². The molecule has 4 aliphatic rings. The van der Waals surface area contributed by atoms with Crippen molar-refractivity contribution in [2.45, 2.75) is 63.1 Å². The second kappa shape index (κ2) is 12.7. The van der Waals surface area contributed by atoms with Crippen LogP contribution in [0.2, 0.25) is 0 Å². The summed E-state index contributed by atoms with van der Waals surface area (Å²) in [7, 11) is -4.46. The second-order valence-electron chi connectivity index (χ2n) is 14.3. The summed E-state index contributed by atoms with van der Waals surface area (Å²) in [5, 5.41) is 12.9. The molecule has 7 rings (SSSR count). The number of nitrogens with one attached hydrogen (secondary N) is 1. The summed E-state index contributed by atoms with van der Waals surface area (Å²) in [5.74, 6) is -0.840. The zero-order valence-electron chi connectivity index (χ0n) is 28.9. The number of ether oxygens (including phenoxy) is 1. The molecule has 3 saturated heterocycles. The molecule has 1 unspecified atom stereocenters. The highest BCUT2D eigenvalue weighted by atomic mass is 32.2. The molecule has 5 heterocycles. The van der Waals surface area contributed by atoms with E-state index in [0.717, 1.165) is 48.9 Å². The summed E-state index contributed by atoms with van der Waals surface area (Å²) in [5.41, 5.74) is -0.644. The summed E-state index contributed by atoms with van der Waals surface area (Å²) in [6, 6.07) is 16.5. The summed E-state index contributed by atoms with van der Waals surface area (Å²) in [4.78, 5) is 40.3. The number of hydrogen-bond acceptors (Lipinski definition) is 9. The number of amides is 3. The van der Waals surface area contributed by atoms with Crippen molar-refractivity contribution in [3.05, 3.63) is 83.0 Å². The number of hydrogen-bond donors (Lipinski definition) is 1. The molecule has 2 aromatic carbocycles. The Bertz CT molecular complexity index is 1960. The Kier molecular flexibility index (Phi) is 8.61.